The number of ether oxygens (including phenoxy) is 1. The molecule has 4 nitrogen and oxygen atoms in total. The Morgan fingerprint density at radius 1 is 1.39 bits per heavy atom. The van der Waals surface area contributed by atoms with E-state index in [-0.39, 0.29) is 16.7 Å². The Morgan fingerprint density at radius 3 is 2.72 bits per heavy atom. The van der Waals surface area contributed by atoms with Crippen LogP contribution in [0.4, 0.5) is 0 Å². The summed E-state index contributed by atoms with van der Waals surface area (Å²) in [7, 11) is 0. The molecule has 0 saturated carbocycles. The van der Waals surface area contributed by atoms with Crippen molar-refractivity contribution in [1.82, 2.24) is 4.90 Å². The largest absolute Gasteiger partial charge is 0.379 e. The average Bonchev–Trinajstić information content (AvgIpc) is 2.54. The molecule has 0 bridgehead atoms. The number of amides is 1. The Labute approximate surface area is 114 Å². The topological polar surface area (TPSA) is 55.6 Å². The van der Waals surface area contributed by atoms with Gasteiger partial charge >= 0.3 is 0 Å². The molecule has 2 heterocycles. The number of nitrogens with zero attached hydrogens (tertiary/aromatic N) is 1. The van der Waals surface area contributed by atoms with Crippen molar-refractivity contribution in [2.75, 3.05) is 32.1 Å². The van der Waals surface area contributed by atoms with Gasteiger partial charge in [0.2, 0.25) is 5.91 Å². The van der Waals surface area contributed by atoms with Crippen LogP contribution in [0.2, 0.25) is 0 Å². The fourth-order valence-electron chi connectivity index (χ4n) is 2.49. The molecule has 0 spiro atoms. The van der Waals surface area contributed by atoms with Crippen LogP contribution in [0.25, 0.3) is 0 Å². The third kappa shape index (κ3) is 2.68. The Balaban J connectivity index is 2.05. The molecule has 0 aromatic rings. The molecule has 18 heavy (non-hydrogen) atoms. The van der Waals surface area contributed by atoms with Gasteiger partial charge in [-0.15, -0.1) is 0 Å². The maximum atomic E-state index is 12.7. The van der Waals surface area contributed by atoms with E-state index in [1.165, 1.54) is 0 Å². The summed E-state index contributed by atoms with van der Waals surface area (Å²) in [4.78, 5) is 14.6. The molecule has 2 atom stereocenters. The molecule has 2 aliphatic rings. The van der Waals surface area contributed by atoms with Gasteiger partial charge in [0, 0.05) is 29.6 Å². The minimum Gasteiger partial charge on any atom is -0.379 e. The van der Waals surface area contributed by atoms with Crippen LogP contribution in [0.15, 0.2) is 0 Å². The van der Waals surface area contributed by atoms with Crippen molar-refractivity contribution >= 4 is 17.7 Å². The van der Waals surface area contributed by atoms with E-state index >= 15 is 0 Å². The molecule has 0 aromatic heterocycles. The smallest absolute Gasteiger partial charge is 0.232 e. The highest BCUT2D eigenvalue weighted by atomic mass is 32.2. The Morgan fingerprint density at radius 2 is 2.11 bits per heavy atom. The Kier molecular flexibility index (Phi) is 3.95. The summed E-state index contributed by atoms with van der Waals surface area (Å²) < 4.78 is 5.65. The van der Waals surface area contributed by atoms with E-state index in [0.29, 0.717) is 13.2 Å². The van der Waals surface area contributed by atoms with Crippen molar-refractivity contribution in [1.29, 1.82) is 0 Å². The van der Waals surface area contributed by atoms with Crippen molar-refractivity contribution in [3.05, 3.63) is 0 Å². The van der Waals surface area contributed by atoms with Crippen LogP contribution in [0, 0.1) is 5.41 Å². The van der Waals surface area contributed by atoms with E-state index in [1.54, 1.807) is 0 Å². The molecule has 0 aliphatic carbocycles. The standard InChI is InChI=1S/C13H24N2O2S/c1-12(2)4-5-15(6-7-18-12)11(16)13(3)9-17-8-10(13)14/h10H,4-9,14H2,1-3H3. The average molecular weight is 272 g/mol. The number of rotatable bonds is 1. The van der Waals surface area contributed by atoms with Crippen LogP contribution in [0.5, 0.6) is 0 Å². The van der Waals surface area contributed by atoms with Gasteiger partial charge in [-0.3, -0.25) is 4.79 Å². The lowest BCUT2D eigenvalue weighted by Gasteiger charge is -2.32. The van der Waals surface area contributed by atoms with Gasteiger partial charge in [0.1, 0.15) is 0 Å². The van der Waals surface area contributed by atoms with Crippen molar-refractivity contribution in [2.24, 2.45) is 11.1 Å². The second kappa shape index (κ2) is 5.02. The predicted octanol–water partition coefficient (Wildman–Crippen LogP) is 1.09. The maximum absolute atomic E-state index is 12.7. The van der Waals surface area contributed by atoms with E-state index in [1.807, 2.05) is 23.6 Å². The monoisotopic (exact) mass is 272 g/mol. The van der Waals surface area contributed by atoms with Crippen molar-refractivity contribution < 1.29 is 9.53 Å². The highest BCUT2D eigenvalue weighted by Gasteiger charge is 2.46. The van der Waals surface area contributed by atoms with Crippen LogP contribution < -0.4 is 5.73 Å². The van der Waals surface area contributed by atoms with Crippen LogP contribution in [-0.2, 0) is 9.53 Å². The molecule has 2 N–H and O–H groups in total. The van der Waals surface area contributed by atoms with Gasteiger partial charge in [0.15, 0.2) is 0 Å². The summed E-state index contributed by atoms with van der Waals surface area (Å²) in [5.74, 6) is 1.18. The summed E-state index contributed by atoms with van der Waals surface area (Å²) >= 11 is 1.95. The molecule has 2 aliphatic heterocycles. The predicted molar refractivity (Wildman–Crippen MR) is 74.6 cm³/mol. The Bertz CT molecular complexity index is 335. The zero-order chi connectivity index (χ0) is 13.4. The van der Waals surface area contributed by atoms with Crippen LogP contribution in [-0.4, -0.2) is 53.7 Å². The van der Waals surface area contributed by atoms with Crippen LogP contribution in [0.1, 0.15) is 27.2 Å². The lowest BCUT2D eigenvalue weighted by Crippen LogP contribution is -2.52. The van der Waals surface area contributed by atoms with E-state index in [4.69, 9.17) is 10.5 Å². The number of thioether (sulfide) groups is 1. The summed E-state index contributed by atoms with van der Waals surface area (Å²) in [6.07, 6.45) is 1.04. The van der Waals surface area contributed by atoms with E-state index in [0.717, 1.165) is 25.3 Å². The zero-order valence-electron chi connectivity index (χ0n) is 11.6. The van der Waals surface area contributed by atoms with Crippen LogP contribution >= 0.6 is 11.8 Å². The first-order valence-corrected chi connectivity index (χ1v) is 7.60. The Hall–Kier alpha value is -0.260. The SMILES string of the molecule is CC1(C)CCN(C(=O)C2(C)COCC2N)CCS1. The normalized spacial score (nSPS) is 36.4. The highest BCUT2D eigenvalue weighted by Crippen LogP contribution is 2.34. The van der Waals surface area contributed by atoms with Crippen molar-refractivity contribution in [3.63, 3.8) is 0 Å². The van der Waals surface area contributed by atoms with Gasteiger partial charge in [-0.1, -0.05) is 13.8 Å². The van der Waals surface area contributed by atoms with Gasteiger partial charge in [0.05, 0.1) is 18.6 Å². The second-order valence-corrected chi connectivity index (χ2v) is 7.99. The molecular weight excluding hydrogens is 248 g/mol. The lowest BCUT2D eigenvalue weighted by atomic mass is 9.84. The van der Waals surface area contributed by atoms with Gasteiger partial charge in [-0.05, 0) is 13.3 Å². The van der Waals surface area contributed by atoms with Gasteiger partial charge in [-0.25, -0.2) is 0 Å². The highest BCUT2D eigenvalue weighted by molar-refractivity contribution is 8.00. The molecule has 5 heteroatoms. The minimum absolute atomic E-state index is 0.172. The molecule has 2 unspecified atom stereocenters. The quantitative estimate of drug-likeness (QED) is 0.776. The third-order valence-corrected chi connectivity index (χ3v) is 5.50. The molecule has 2 rings (SSSR count). The number of carbonyl (C=O) groups is 1. The minimum atomic E-state index is -0.529. The molecule has 2 fully saturated rings. The first-order chi connectivity index (χ1) is 8.35. The summed E-state index contributed by atoms with van der Waals surface area (Å²) in [5, 5.41) is 0. The fraction of sp³-hybridized carbons (Fsp3) is 0.923. The summed E-state index contributed by atoms with van der Waals surface area (Å²) in [5.41, 5.74) is 5.51. The molecule has 1 amide bonds. The maximum Gasteiger partial charge on any atom is 0.232 e. The zero-order valence-corrected chi connectivity index (χ0v) is 12.4. The first-order valence-electron chi connectivity index (χ1n) is 6.62. The van der Waals surface area contributed by atoms with E-state index in [2.05, 4.69) is 13.8 Å². The molecule has 104 valence electrons. The molecule has 0 radical (unpaired) electrons. The van der Waals surface area contributed by atoms with Crippen molar-refractivity contribution in [2.45, 2.75) is 38.0 Å². The van der Waals surface area contributed by atoms with E-state index in [9.17, 15) is 4.79 Å². The third-order valence-electron chi connectivity index (χ3n) is 4.13. The summed E-state index contributed by atoms with van der Waals surface area (Å²) in [6.45, 7) is 9.05. The van der Waals surface area contributed by atoms with Crippen molar-refractivity contribution in [3.8, 4) is 0 Å². The van der Waals surface area contributed by atoms with E-state index < -0.39 is 5.41 Å². The fourth-order valence-corrected chi connectivity index (χ4v) is 3.59. The number of hydrogen-bond donors (Lipinski definition) is 1. The molecule has 2 saturated heterocycles. The van der Waals surface area contributed by atoms with Gasteiger partial charge in [-0.2, -0.15) is 11.8 Å². The molecular formula is C13H24N2O2S. The second-order valence-electron chi connectivity index (χ2n) is 6.19. The van der Waals surface area contributed by atoms with Gasteiger partial charge < -0.3 is 15.4 Å². The number of nitrogens with two attached hydrogens (primary N) is 1. The lowest BCUT2D eigenvalue weighted by molar-refractivity contribution is -0.141. The van der Waals surface area contributed by atoms with Gasteiger partial charge in [0.25, 0.3) is 0 Å². The summed E-state index contributed by atoms with van der Waals surface area (Å²) in [6, 6.07) is -0.172. The first kappa shape index (κ1) is 14.2. The number of hydrogen-bond acceptors (Lipinski definition) is 4. The van der Waals surface area contributed by atoms with Crippen LogP contribution in [0.3, 0.4) is 0 Å². The molecule has 0 aromatic carbocycles. The number of carbonyl (C=O) groups excluding carboxylic acids is 1.